The highest BCUT2D eigenvalue weighted by atomic mass is 32.1. The van der Waals surface area contributed by atoms with Crippen LogP contribution < -0.4 is 0 Å². The minimum Gasteiger partial charge on any atom is -0.297 e. The molecule has 2 heterocycles. The van der Waals surface area contributed by atoms with E-state index in [2.05, 4.69) is 9.97 Å². The van der Waals surface area contributed by atoms with Crippen molar-refractivity contribution in [1.29, 1.82) is 0 Å². The Morgan fingerprint density at radius 3 is 2.86 bits per heavy atom. The van der Waals surface area contributed by atoms with Crippen LogP contribution in [0.2, 0.25) is 0 Å². The molecule has 14 heavy (non-hydrogen) atoms. The number of rotatable bonds is 2. The molecule has 0 N–H and O–H groups in total. The quantitative estimate of drug-likeness (QED) is 0.705. The highest BCUT2D eigenvalue weighted by molar-refractivity contribution is 7.17. The zero-order valence-corrected chi connectivity index (χ0v) is 8.41. The third-order valence-electron chi connectivity index (χ3n) is 1.75. The molecule has 0 amide bonds. The first-order chi connectivity index (χ1) is 6.79. The zero-order valence-electron chi connectivity index (χ0n) is 7.60. The molecule has 0 saturated carbocycles. The third-order valence-corrected chi connectivity index (χ3v) is 2.78. The highest BCUT2D eigenvalue weighted by Gasteiger charge is 2.03. The van der Waals surface area contributed by atoms with Crippen LogP contribution in [0.5, 0.6) is 0 Å². The van der Waals surface area contributed by atoms with Crippen LogP contribution >= 0.6 is 11.3 Å². The Morgan fingerprint density at radius 2 is 2.21 bits per heavy atom. The van der Waals surface area contributed by atoms with Gasteiger partial charge in [0, 0.05) is 6.20 Å². The van der Waals surface area contributed by atoms with E-state index in [4.69, 9.17) is 0 Å². The summed E-state index contributed by atoms with van der Waals surface area (Å²) >= 11 is 1.42. The van der Waals surface area contributed by atoms with Crippen LogP contribution in [0.15, 0.2) is 24.5 Å². The van der Waals surface area contributed by atoms with Gasteiger partial charge in [-0.3, -0.25) is 9.78 Å². The van der Waals surface area contributed by atoms with Gasteiger partial charge in [-0.2, -0.15) is 0 Å². The number of hydrogen-bond acceptors (Lipinski definition) is 4. The highest BCUT2D eigenvalue weighted by Crippen LogP contribution is 2.24. The smallest absolute Gasteiger partial charge is 0.160 e. The summed E-state index contributed by atoms with van der Waals surface area (Å²) in [7, 11) is 0. The Hall–Kier alpha value is -1.55. The normalized spacial score (nSPS) is 10.1. The lowest BCUT2D eigenvalue weighted by Crippen LogP contribution is -1.85. The SMILES string of the molecule is Cc1cncc(-c2ccc(C=O)s2)n1. The summed E-state index contributed by atoms with van der Waals surface area (Å²) in [5, 5.41) is 0. The summed E-state index contributed by atoms with van der Waals surface area (Å²) in [6.45, 7) is 1.89. The zero-order chi connectivity index (χ0) is 9.97. The van der Waals surface area contributed by atoms with Crippen molar-refractivity contribution in [2.24, 2.45) is 0 Å². The molecule has 0 aliphatic rings. The molecule has 2 rings (SSSR count). The van der Waals surface area contributed by atoms with E-state index in [1.807, 2.05) is 13.0 Å². The van der Waals surface area contributed by atoms with Crippen molar-refractivity contribution in [1.82, 2.24) is 9.97 Å². The molecule has 0 aromatic carbocycles. The summed E-state index contributed by atoms with van der Waals surface area (Å²) < 4.78 is 0. The van der Waals surface area contributed by atoms with Gasteiger partial charge in [-0.05, 0) is 19.1 Å². The number of aryl methyl sites for hydroxylation is 1. The van der Waals surface area contributed by atoms with Crippen LogP contribution in [0.4, 0.5) is 0 Å². The largest absolute Gasteiger partial charge is 0.297 e. The molecule has 0 atom stereocenters. The van der Waals surface area contributed by atoms with E-state index in [1.54, 1.807) is 18.5 Å². The first-order valence-corrected chi connectivity index (χ1v) is 4.95. The molecule has 0 radical (unpaired) electrons. The predicted octanol–water partition coefficient (Wildman–Crippen LogP) is 2.33. The molecule has 2 aromatic rings. The van der Waals surface area contributed by atoms with Crippen molar-refractivity contribution >= 4 is 17.6 Å². The van der Waals surface area contributed by atoms with Crippen LogP contribution in [0.1, 0.15) is 15.4 Å². The van der Waals surface area contributed by atoms with Gasteiger partial charge in [0.2, 0.25) is 0 Å². The fraction of sp³-hybridized carbons (Fsp3) is 0.100. The van der Waals surface area contributed by atoms with Gasteiger partial charge in [0.05, 0.1) is 27.3 Å². The van der Waals surface area contributed by atoms with E-state index in [9.17, 15) is 4.79 Å². The number of aldehydes is 1. The second kappa shape index (κ2) is 3.67. The number of aromatic nitrogens is 2. The van der Waals surface area contributed by atoms with Crippen molar-refractivity contribution < 1.29 is 4.79 Å². The first-order valence-electron chi connectivity index (χ1n) is 4.13. The molecule has 0 unspecified atom stereocenters. The van der Waals surface area contributed by atoms with Gasteiger partial charge in [0.25, 0.3) is 0 Å². The molecule has 4 heteroatoms. The Labute approximate surface area is 85.5 Å². The Morgan fingerprint density at radius 1 is 1.36 bits per heavy atom. The lowest BCUT2D eigenvalue weighted by atomic mass is 10.3. The van der Waals surface area contributed by atoms with E-state index in [-0.39, 0.29) is 0 Å². The Kier molecular flexibility index (Phi) is 2.37. The molecule has 0 fully saturated rings. The Balaban J connectivity index is 2.43. The van der Waals surface area contributed by atoms with Gasteiger partial charge >= 0.3 is 0 Å². The standard InChI is InChI=1S/C10H8N2OS/c1-7-4-11-5-9(12-7)10-3-2-8(6-13)14-10/h2-6H,1H3. The van der Waals surface area contributed by atoms with Crippen LogP contribution in [0.3, 0.4) is 0 Å². The summed E-state index contributed by atoms with van der Waals surface area (Å²) in [5.74, 6) is 0. The van der Waals surface area contributed by atoms with E-state index >= 15 is 0 Å². The average molecular weight is 204 g/mol. The average Bonchev–Trinajstić information content (AvgIpc) is 2.66. The fourth-order valence-electron chi connectivity index (χ4n) is 1.14. The van der Waals surface area contributed by atoms with Crippen molar-refractivity contribution in [2.75, 3.05) is 0 Å². The monoisotopic (exact) mass is 204 g/mol. The molecule has 3 nitrogen and oxygen atoms in total. The topological polar surface area (TPSA) is 42.9 Å². The van der Waals surface area contributed by atoms with Crippen molar-refractivity contribution in [3.8, 4) is 10.6 Å². The molecule has 0 saturated heterocycles. The van der Waals surface area contributed by atoms with Gasteiger partial charge in [0.15, 0.2) is 6.29 Å². The Bertz CT molecular complexity index is 465. The lowest BCUT2D eigenvalue weighted by molar-refractivity contribution is 0.112. The van der Waals surface area contributed by atoms with Gasteiger partial charge in [-0.15, -0.1) is 11.3 Å². The maximum Gasteiger partial charge on any atom is 0.160 e. The van der Waals surface area contributed by atoms with E-state index in [1.165, 1.54) is 11.3 Å². The second-order valence-electron chi connectivity index (χ2n) is 2.87. The molecule has 70 valence electrons. The molecular formula is C10H8N2OS. The van der Waals surface area contributed by atoms with Gasteiger partial charge in [0.1, 0.15) is 0 Å². The minimum atomic E-state index is 0.711. The third kappa shape index (κ3) is 1.70. The number of nitrogens with zero attached hydrogens (tertiary/aromatic N) is 2. The maximum atomic E-state index is 10.5. The molecule has 0 aliphatic heterocycles. The minimum absolute atomic E-state index is 0.711. The van der Waals surface area contributed by atoms with E-state index < -0.39 is 0 Å². The second-order valence-corrected chi connectivity index (χ2v) is 3.98. The fourth-order valence-corrected chi connectivity index (χ4v) is 1.91. The maximum absolute atomic E-state index is 10.5. The summed E-state index contributed by atoms with van der Waals surface area (Å²) in [5.41, 5.74) is 1.70. The van der Waals surface area contributed by atoms with Crippen LogP contribution in [-0.4, -0.2) is 16.3 Å². The lowest BCUT2D eigenvalue weighted by Gasteiger charge is -1.95. The molecule has 0 spiro atoms. The van der Waals surface area contributed by atoms with Crippen LogP contribution in [0.25, 0.3) is 10.6 Å². The predicted molar refractivity (Wildman–Crippen MR) is 55.5 cm³/mol. The number of hydrogen-bond donors (Lipinski definition) is 0. The van der Waals surface area contributed by atoms with Gasteiger partial charge in [-0.25, -0.2) is 4.98 Å². The number of carbonyl (C=O) groups is 1. The van der Waals surface area contributed by atoms with Crippen LogP contribution in [-0.2, 0) is 0 Å². The summed E-state index contributed by atoms with van der Waals surface area (Å²) in [6.07, 6.45) is 4.25. The molecular weight excluding hydrogens is 196 g/mol. The summed E-state index contributed by atoms with van der Waals surface area (Å²) in [4.78, 5) is 20.6. The van der Waals surface area contributed by atoms with Crippen molar-refractivity contribution in [2.45, 2.75) is 6.92 Å². The molecule has 0 bridgehead atoms. The van der Waals surface area contributed by atoms with E-state index in [0.717, 1.165) is 22.6 Å². The van der Waals surface area contributed by atoms with Crippen molar-refractivity contribution in [3.63, 3.8) is 0 Å². The van der Waals surface area contributed by atoms with Gasteiger partial charge in [-0.1, -0.05) is 0 Å². The summed E-state index contributed by atoms with van der Waals surface area (Å²) in [6, 6.07) is 3.68. The van der Waals surface area contributed by atoms with Crippen LogP contribution in [0, 0.1) is 6.92 Å². The molecule has 2 aromatic heterocycles. The first kappa shape index (κ1) is 9.02. The number of carbonyl (C=O) groups excluding carboxylic acids is 1. The van der Waals surface area contributed by atoms with E-state index in [0.29, 0.717) is 4.88 Å². The van der Waals surface area contributed by atoms with Crippen molar-refractivity contribution in [3.05, 3.63) is 35.1 Å². The van der Waals surface area contributed by atoms with Gasteiger partial charge < -0.3 is 0 Å². The number of thiophene rings is 1. The molecule has 0 aliphatic carbocycles.